The number of aryl methyl sites for hydroxylation is 1. The first kappa shape index (κ1) is 10.7. The van der Waals surface area contributed by atoms with Crippen molar-refractivity contribution in [1.29, 1.82) is 0 Å². The largest absolute Gasteiger partial charge is 0.264 e. The van der Waals surface area contributed by atoms with Crippen LogP contribution in [0, 0.1) is 6.92 Å². The molecule has 3 heterocycles. The first-order valence-corrected chi connectivity index (χ1v) is 6.58. The average Bonchev–Trinajstić information content (AvgIpc) is 3.19. The highest BCUT2D eigenvalue weighted by molar-refractivity contribution is 5.58. The molecule has 1 aliphatic carbocycles. The van der Waals surface area contributed by atoms with Crippen LogP contribution in [0.1, 0.15) is 29.9 Å². The van der Waals surface area contributed by atoms with E-state index in [0.29, 0.717) is 5.92 Å². The first-order valence-electron chi connectivity index (χ1n) is 6.58. The Balaban J connectivity index is 1.82. The fraction of sp³-hybridized carbons (Fsp3) is 0.267. The molecule has 0 aromatic carbocycles. The van der Waals surface area contributed by atoms with Crippen LogP contribution in [0.2, 0.25) is 0 Å². The van der Waals surface area contributed by atoms with E-state index in [1.54, 1.807) is 0 Å². The van der Waals surface area contributed by atoms with E-state index < -0.39 is 0 Å². The quantitative estimate of drug-likeness (QED) is 0.702. The lowest BCUT2D eigenvalue weighted by Gasteiger charge is -1.99. The monoisotopic (exact) mass is 250 g/mol. The van der Waals surface area contributed by atoms with Gasteiger partial charge in [0.25, 0.3) is 0 Å². The minimum absolute atomic E-state index is 0.701. The second-order valence-electron chi connectivity index (χ2n) is 5.23. The molecule has 0 amide bonds. The zero-order chi connectivity index (χ0) is 12.8. The molecular weight excluding hydrogens is 236 g/mol. The van der Waals surface area contributed by atoms with E-state index in [1.807, 2.05) is 35.2 Å². The number of nitrogens with zero attached hydrogens (tertiary/aromatic N) is 4. The Labute approximate surface area is 111 Å². The van der Waals surface area contributed by atoms with Crippen LogP contribution >= 0.6 is 0 Å². The molecule has 3 aromatic rings. The molecule has 0 radical (unpaired) electrons. The highest BCUT2D eigenvalue weighted by atomic mass is 15.3. The summed E-state index contributed by atoms with van der Waals surface area (Å²) in [6.07, 6.45) is 8.35. The van der Waals surface area contributed by atoms with Gasteiger partial charge in [-0.15, -0.1) is 5.10 Å². The molecule has 3 aromatic heterocycles. The predicted octanol–water partition coefficient (Wildman–Crippen LogP) is 2.98. The Morgan fingerprint density at radius 1 is 1.21 bits per heavy atom. The SMILES string of the molecule is Cc1ccc2nc(-c3cncc(C4CC4)c3)nn2c1. The molecule has 4 nitrogen and oxygen atoms in total. The van der Waals surface area contributed by atoms with Gasteiger partial charge in [0.05, 0.1) is 0 Å². The summed E-state index contributed by atoms with van der Waals surface area (Å²) < 4.78 is 1.83. The Bertz CT molecular complexity index is 756. The summed E-state index contributed by atoms with van der Waals surface area (Å²) in [6, 6.07) is 6.21. The van der Waals surface area contributed by atoms with Gasteiger partial charge in [-0.1, -0.05) is 6.07 Å². The Morgan fingerprint density at radius 2 is 2.11 bits per heavy atom. The van der Waals surface area contributed by atoms with Crippen LogP contribution in [0.25, 0.3) is 17.0 Å². The lowest BCUT2D eigenvalue weighted by Crippen LogP contribution is -1.89. The topological polar surface area (TPSA) is 43.1 Å². The predicted molar refractivity (Wildman–Crippen MR) is 72.9 cm³/mol. The maximum Gasteiger partial charge on any atom is 0.183 e. The van der Waals surface area contributed by atoms with Crippen LogP contribution in [0.4, 0.5) is 0 Å². The van der Waals surface area contributed by atoms with E-state index in [2.05, 4.69) is 28.1 Å². The van der Waals surface area contributed by atoms with Crippen molar-refractivity contribution in [3.63, 3.8) is 0 Å². The van der Waals surface area contributed by atoms with Crippen molar-refractivity contribution < 1.29 is 0 Å². The van der Waals surface area contributed by atoms with E-state index >= 15 is 0 Å². The number of pyridine rings is 2. The molecule has 0 bridgehead atoms. The zero-order valence-electron chi connectivity index (χ0n) is 10.7. The molecule has 0 saturated heterocycles. The summed E-state index contributed by atoms with van der Waals surface area (Å²) in [4.78, 5) is 8.88. The third kappa shape index (κ3) is 1.89. The molecule has 0 N–H and O–H groups in total. The van der Waals surface area contributed by atoms with E-state index in [-0.39, 0.29) is 0 Å². The van der Waals surface area contributed by atoms with Crippen molar-refractivity contribution in [3.05, 3.63) is 47.9 Å². The van der Waals surface area contributed by atoms with Crippen LogP contribution in [0.15, 0.2) is 36.8 Å². The number of hydrogen-bond acceptors (Lipinski definition) is 3. The molecule has 0 unspecified atom stereocenters. The Kier molecular flexibility index (Phi) is 2.18. The van der Waals surface area contributed by atoms with Gasteiger partial charge in [0, 0.05) is 24.2 Å². The maximum absolute atomic E-state index is 4.56. The van der Waals surface area contributed by atoms with Gasteiger partial charge < -0.3 is 0 Å². The normalized spacial score (nSPS) is 15.0. The molecule has 0 atom stereocenters. The van der Waals surface area contributed by atoms with Gasteiger partial charge in [-0.05, 0) is 48.9 Å². The van der Waals surface area contributed by atoms with E-state index in [1.165, 1.54) is 24.0 Å². The molecule has 19 heavy (non-hydrogen) atoms. The number of hydrogen-bond donors (Lipinski definition) is 0. The highest BCUT2D eigenvalue weighted by Gasteiger charge is 2.24. The van der Waals surface area contributed by atoms with Crippen molar-refractivity contribution in [2.45, 2.75) is 25.7 Å². The average molecular weight is 250 g/mol. The second kappa shape index (κ2) is 3.88. The van der Waals surface area contributed by atoms with E-state index in [4.69, 9.17) is 0 Å². The minimum Gasteiger partial charge on any atom is -0.264 e. The molecule has 1 fully saturated rings. The van der Waals surface area contributed by atoms with Gasteiger partial charge in [0.15, 0.2) is 11.5 Å². The van der Waals surface area contributed by atoms with Crippen molar-refractivity contribution >= 4 is 5.65 Å². The van der Waals surface area contributed by atoms with Crippen molar-refractivity contribution in [2.24, 2.45) is 0 Å². The lowest BCUT2D eigenvalue weighted by molar-refractivity contribution is 0.954. The van der Waals surface area contributed by atoms with Crippen LogP contribution in [0.5, 0.6) is 0 Å². The van der Waals surface area contributed by atoms with Crippen LogP contribution in [-0.2, 0) is 0 Å². The Hall–Kier alpha value is -2.23. The van der Waals surface area contributed by atoms with Crippen LogP contribution in [0.3, 0.4) is 0 Å². The van der Waals surface area contributed by atoms with Crippen molar-refractivity contribution in [3.8, 4) is 11.4 Å². The molecule has 0 aliphatic heterocycles. The third-order valence-corrected chi connectivity index (χ3v) is 3.55. The van der Waals surface area contributed by atoms with Gasteiger partial charge in [-0.25, -0.2) is 9.50 Å². The first-order chi connectivity index (χ1) is 9.29. The zero-order valence-corrected chi connectivity index (χ0v) is 10.7. The van der Waals surface area contributed by atoms with Gasteiger partial charge in [0.2, 0.25) is 0 Å². The molecule has 94 valence electrons. The molecular formula is C15H14N4. The van der Waals surface area contributed by atoms with Crippen LogP contribution in [-0.4, -0.2) is 19.6 Å². The standard InChI is InChI=1S/C15H14N4/c1-10-2-5-14-17-15(18-19(14)9-10)13-6-12(7-16-8-13)11-3-4-11/h2,5-9,11H,3-4H2,1H3. The molecule has 1 aliphatic rings. The summed E-state index contributed by atoms with van der Waals surface area (Å²) in [5, 5.41) is 4.53. The second-order valence-corrected chi connectivity index (χ2v) is 5.23. The maximum atomic E-state index is 4.56. The number of rotatable bonds is 2. The molecule has 0 spiro atoms. The fourth-order valence-electron chi connectivity index (χ4n) is 2.33. The minimum atomic E-state index is 0.701. The molecule has 4 heteroatoms. The molecule has 1 saturated carbocycles. The van der Waals surface area contributed by atoms with Gasteiger partial charge in [-0.3, -0.25) is 4.98 Å². The fourth-order valence-corrected chi connectivity index (χ4v) is 2.33. The number of fused-ring (bicyclic) bond motifs is 1. The van der Waals surface area contributed by atoms with Gasteiger partial charge >= 0.3 is 0 Å². The summed E-state index contributed by atoms with van der Waals surface area (Å²) in [5.41, 5.74) is 4.37. The van der Waals surface area contributed by atoms with Crippen LogP contribution < -0.4 is 0 Å². The lowest BCUT2D eigenvalue weighted by atomic mass is 10.1. The van der Waals surface area contributed by atoms with E-state index in [9.17, 15) is 0 Å². The highest BCUT2D eigenvalue weighted by Crippen LogP contribution is 2.40. The smallest absolute Gasteiger partial charge is 0.183 e. The van der Waals surface area contributed by atoms with Gasteiger partial charge in [-0.2, -0.15) is 0 Å². The van der Waals surface area contributed by atoms with Crippen molar-refractivity contribution in [2.75, 3.05) is 0 Å². The van der Waals surface area contributed by atoms with Gasteiger partial charge in [0.1, 0.15) is 0 Å². The van der Waals surface area contributed by atoms with Crippen molar-refractivity contribution in [1.82, 2.24) is 19.6 Å². The molecule has 4 rings (SSSR count). The summed E-state index contributed by atoms with van der Waals surface area (Å²) in [5.74, 6) is 1.45. The van der Waals surface area contributed by atoms with E-state index in [0.717, 1.165) is 17.0 Å². The summed E-state index contributed by atoms with van der Waals surface area (Å²) >= 11 is 0. The third-order valence-electron chi connectivity index (χ3n) is 3.55. The Morgan fingerprint density at radius 3 is 2.95 bits per heavy atom. The summed E-state index contributed by atoms with van der Waals surface area (Å²) in [7, 11) is 0. The number of aromatic nitrogens is 4. The summed E-state index contributed by atoms with van der Waals surface area (Å²) in [6.45, 7) is 2.05.